The maximum absolute atomic E-state index is 12.1. The smallest absolute Gasteiger partial charge is 0.326 e. The molecule has 0 amide bonds. The predicted octanol–water partition coefficient (Wildman–Crippen LogP) is 2.91. The monoisotopic (exact) mass is 241 g/mol. The Morgan fingerprint density at radius 3 is 2.53 bits per heavy atom. The highest BCUT2D eigenvalue weighted by atomic mass is 16.5. The summed E-state index contributed by atoms with van der Waals surface area (Å²) in [4.78, 5) is 12.1. The van der Waals surface area contributed by atoms with Crippen LogP contribution < -0.4 is 5.32 Å². The van der Waals surface area contributed by atoms with Crippen LogP contribution in [0.3, 0.4) is 0 Å². The molecule has 3 nitrogen and oxygen atoms in total. The van der Waals surface area contributed by atoms with Crippen molar-refractivity contribution < 1.29 is 9.53 Å². The normalized spacial score (nSPS) is 16.0. The van der Waals surface area contributed by atoms with Crippen LogP contribution in [-0.2, 0) is 9.53 Å². The quantitative estimate of drug-likeness (QED) is 0.498. The molecule has 0 heterocycles. The second kappa shape index (κ2) is 8.29. The van der Waals surface area contributed by atoms with Crippen LogP contribution in [0.4, 0.5) is 0 Å². The summed E-state index contributed by atoms with van der Waals surface area (Å²) in [5.41, 5.74) is -0.556. The lowest BCUT2D eigenvalue weighted by atomic mass is 9.84. The highest BCUT2D eigenvalue weighted by molar-refractivity contribution is 5.80. The molecule has 3 heteroatoms. The van der Waals surface area contributed by atoms with Gasteiger partial charge in [-0.15, -0.1) is 6.58 Å². The third kappa shape index (κ3) is 4.90. The van der Waals surface area contributed by atoms with Crippen molar-refractivity contribution in [2.24, 2.45) is 5.92 Å². The Hall–Kier alpha value is -0.830. The van der Waals surface area contributed by atoms with Gasteiger partial charge in [0.2, 0.25) is 0 Å². The summed E-state index contributed by atoms with van der Waals surface area (Å²) in [6, 6.07) is 0. The van der Waals surface area contributed by atoms with Crippen molar-refractivity contribution in [2.75, 3.05) is 13.2 Å². The molecule has 0 radical (unpaired) electrons. The zero-order chi connectivity index (χ0) is 13.3. The van der Waals surface area contributed by atoms with E-state index < -0.39 is 5.54 Å². The molecule has 0 aliphatic heterocycles. The summed E-state index contributed by atoms with van der Waals surface area (Å²) in [5, 5.41) is 3.29. The topological polar surface area (TPSA) is 38.3 Å². The first-order valence-corrected chi connectivity index (χ1v) is 6.59. The fourth-order valence-electron chi connectivity index (χ4n) is 1.92. The van der Waals surface area contributed by atoms with Crippen LogP contribution in [-0.4, -0.2) is 24.7 Å². The van der Waals surface area contributed by atoms with Gasteiger partial charge in [-0.3, -0.25) is 10.1 Å². The molecule has 0 spiro atoms. The van der Waals surface area contributed by atoms with Gasteiger partial charge in [0.1, 0.15) is 5.54 Å². The summed E-state index contributed by atoms with van der Waals surface area (Å²) in [6.07, 6.45) is 4.40. The van der Waals surface area contributed by atoms with E-state index in [1.165, 1.54) is 0 Å². The number of carbonyl (C=O) groups excluding carboxylic acids is 1. The lowest BCUT2D eigenvalue weighted by Gasteiger charge is -2.33. The van der Waals surface area contributed by atoms with Gasteiger partial charge in [0, 0.05) is 6.54 Å². The van der Waals surface area contributed by atoms with Gasteiger partial charge in [-0.25, -0.2) is 0 Å². The summed E-state index contributed by atoms with van der Waals surface area (Å²) in [6.45, 7) is 12.9. The van der Waals surface area contributed by atoms with E-state index in [1.807, 2.05) is 13.8 Å². The molecule has 0 rings (SSSR count). The van der Waals surface area contributed by atoms with Gasteiger partial charge in [-0.2, -0.15) is 0 Å². The van der Waals surface area contributed by atoms with Gasteiger partial charge >= 0.3 is 5.97 Å². The fraction of sp³-hybridized carbons (Fsp3) is 0.786. The van der Waals surface area contributed by atoms with Crippen molar-refractivity contribution >= 4 is 5.97 Å². The number of hydrogen-bond donors (Lipinski definition) is 1. The Morgan fingerprint density at radius 2 is 2.12 bits per heavy atom. The molecular formula is C14H27NO2. The molecule has 0 aromatic carbocycles. The Labute approximate surface area is 106 Å². The molecule has 0 aliphatic carbocycles. The number of nitrogens with one attached hydrogen (secondary N) is 1. The Kier molecular flexibility index (Phi) is 7.88. The molecule has 2 atom stereocenters. The number of ether oxygens (including phenoxy) is 1. The first kappa shape index (κ1) is 16.2. The lowest BCUT2D eigenvalue weighted by molar-refractivity contribution is -0.152. The van der Waals surface area contributed by atoms with E-state index in [4.69, 9.17) is 4.74 Å². The Balaban J connectivity index is 4.84. The predicted molar refractivity (Wildman–Crippen MR) is 71.9 cm³/mol. The van der Waals surface area contributed by atoms with Crippen LogP contribution in [0.2, 0.25) is 0 Å². The molecular weight excluding hydrogens is 214 g/mol. The van der Waals surface area contributed by atoms with Crippen molar-refractivity contribution in [3.8, 4) is 0 Å². The van der Waals surface area contributed by atoms with E-state index in [0.29, 0.717) is 19.1 Å². The molecule has 0 aliphatic rings. The van der Waals surface area contributed by atoms with E-state index in [9.17, 15) is 4.79 Å². The van der Waals surface area contributed by atoms with Gasteiger partial charge in [0.25, 0.3) is 0 Å². The van der Waals surface area contributed by atoms with E-state index in [1.54, 1.807) is 6.08 Å². The highest BCUT2D eigenvalue weighted by Crippen LogP contribution is 2.24. The van der Waals surface area contributed by atoms with Gasteiger partial charge in [0.15, 0.2) is 0 Å². The molecule has 0 saturated carbocycles. The van der Waals surface area contributed by atoms with E-state index in [2.05, 4.69) is 25.7 Å². The molecule has 0 saturated heterocycles. The molecule has 2 unspecified atom stereocenters. The van der Waals surface area contributed by atoms with Crippen LogP contribution in [0.5, 0.6) is 0 Å². The minimum Gasteiger partial charge on any atom is -0.465 e. The highest BCUT2D eigenvalue weighted by Gasteiger charge is 2.38. The maximum Gasteiger partial charge on any atom is 0.326 e. The second-order valence-electron chi connectivity index (χ2n) is 4.54. The van der Waals surface area contributed by atoms with Crippen LogP contribution in [0.1, 0.15) is 47.0 Å². The van der Waals surface area contributed by atoms with Crippen LogP contribution in [0, 0.1) is 5.92 Å². The average molecular weight is 241 g/mol. The summed E-state index contributed by atoms with van der Waals surface area (Å²) in [5.74, 6) is 0.362. The summed E-state index contributed by atoms with van der Waals surface area (Å²) in [7, 11) is 0. The SMILES string of the molecule is C=CCNC(CC)(CC(C)CC)C(=O)OCC. The van der Waals surface area contributed by atoms with Crippen molar-refractivity contribution in [2.45, 2.75) is 52.5 Å². The summed E-state index contributed by atoms with van der Waals surface area (Å²) >= 11 is 0. The Bertz CT molecular complexity index is 240. The Morgan fingerprint density at radius 1 is 1.47 bits per heavy atom. The summed E-state index contributed by atoms with van der Waals surface area (Å²) < 4.78 is 5.20. The molecule has 100 valence electrons. The van der Waals surface area contributed by atoms with Gasteiger partial charge < -0.3 is 4.74 Å². The molecule has 0 bridgehead atoms. The van der Waals surface area contributed by atoms with Crippen molar-refractivity contribution in [1.29, 1.82) is 0 Å². The minimum atomic E-state index is -0.556. The van der Waals surface area contributed by atoms with Gasteiger partial charge in [-0.1, -0.05) is 33.3 Å². The van der Waals surface area contributed by atoms with Gasteiger partial charge in [0.05, 0.1) is 6.61 Å². The lowest BCUT2D eigenvalue weighted by Crippen LogP contribution is -2.53. The largest absolute Gasteiger partial charge is 0.465 e. The molecule has 0 fully saturated rings. The number of carbonyl (C=O) groups is 1. The molecule has 17 heavy (non-hydrogen) atoms. The third-order valence-electron chi connectivity index (χ3n) is 3.25. The molecule has 0 aromatic heterocycles. The third-order valence-corrected chi connectivity index (χ3v) is 3.25. The zero-order valence-electron chi connectivity index (χ0n) is 11.7. The van der Waals surface area contributed by atoms with Crippen molar-refractivity contribution in [3.05, 3.63) is 12.7 Å². The van der Waals surface area contributed by atoms with Gasteiger partial charge in [-0.05, 0) is 25.7 Å². The van der Waals surface area contributed by atoms with Crippen LogP contribution >= 0.6 is 0 Å². The van der Waals surface area contributed by atoms with E-state index >= 15 is 0 Å². The van der Waals surface area contributed by atoms with Crippen molar-refractivity contribution in [1.82, 2.24) is 5.32 Å². The van der Waals surface area contributed by atoms with Crippen molar-refractivity contribution in [3.63, 3.8) is 0 Å². The number of rotatable bonds is 9. The molecule has 0 aromatic rings. The minimum absolute atomic E-state index is 0.135. The zero-order valence-corrected chi connectivity index (χ0v) is 11.7. The average Bonchev–Trinajstić information content (AvgIpc) is 2.34. The number of hydrogen-bond acceptors (Lipinski definition) is 3. The molecule has 1 N–H and O–H groups in total. The van der Waals surface area contributed by atoms with Crippen LogP contribution in [0.25, 0.3) is 0 Å². The number of esters is 1. The van der Waals surface area contributed by atoms with Crippen LogP contribution in [0.15, 0.2) is 12.7 Å². The second-order valence-corrected chi connectivity index (χ2v) is 4.54. The maximum atomic E-state index is 12.1. The van der Waals surface area contributed by atoms with E-state index in [-0.39, 0.29) is 5.97 Å². The first-order valence-electron chi connectivity index (χ1n) is 6.59. The van der Waals surface area contributed by atoms with E-state index in [0.717, 1.165) is 19.3 Å². The first-order chi connectivity index (χ1) is 8.06. The fourth-order valence-corrected chi connectivity index (χ4v) is 1.92. The standard InChI is InChI=1S/C14H27NO2/c1-6-10-15-14(8-3,11-12(5)7-2)13(16)17-9-4/h6,12,15H,1,7-11H2,2-5H3.